The molecule has 10 aromatic rings. The minimum Gasteiger partial charge on any atom is -0.455 e. The van der Waals surface area contributed by atoms with Crippen molar-refractivity contribution in [2.75, 3.05) is 0 Å². The predicted octanol–water partition coefficient (Wildman–Crippen LogP) is 12.6. The van der Waals surface area contributed by atoms with Crippen molar-refractivity contribution in [3.63, 3.8) is 0 Å². The van der Waals surface area contributed by atoms with Crippen LogP contribution in [0.25, 0.3) is 100 Å². The molecule has 4 heteroatoms. The molecule has 0 unspecified atom stereocenters. The fourth-order valence-electron chi connectivity index (χ4n) is 7.15. The minimum atomic E-state index is 0.672. The Hall–Kier alpha value is -6.78. The quantitative estimate of drug-likeness (QED) is 0.188. The van der Waals surface area contributed by atoms with Crippen molar-refractivity contribution in [2.45, 2.75) is 0 Å². The first-order valence-electron chi connectivity index (χ1n) is 16.7. The lowest BCUT2D eigenvalue weighted by Crippen LogP contribution is -1.97. The summed E-state index contributed by atoms with van der Waals surface area (Å²) in [6.45, 7) is 0. The van der Waals surface area contributed by atoms with Crippen LogP contribution in [0.15, 0.2) is 179 Å². The second-order valence-corrected chi connectivity index (χ2v) is 12.5. The van der Waals surface area contributed by atoms with Crippen molar-refractivity contribution >= 4 is 43.9 Å². The third kappa shape index (κ3) is 4.61. The molecular formula is C46H28N2O2. The van der Waals surface area contributed by atoms with Crippen LogP contribution in [-0.2, 0) is 0 Å². The van der Waals surface area contributed by atoms with E-state index in [-0.39, 0.29) is 0 Å². The lowest BCUT2D eigenvalue weighted by atomic mass is 9.91. The van der Waals surface area contributed by atoms with Gasteiger partial charge in [-0.25, -0.2) is 9.97 Å². The van der Waals surface area contributed by atoms with E-state index < -0.39 is 0 Å². The van der Waals surface area contributed by atoms with E-state index in [1.54, 1.807) is 0 Å². The largest absolute Gasteiger partial charge is 0.455 e. The standard InChI is InChI=1S/C46H28N2O2/c1-3-13-29(14-4-1)40-28-41(48-46(47-40)30-15-5-2-6-16-30)33-26-25-31(32-19-11-20-36-34-17-7-9-23-42(34)49-44(32)36)27-39(33)38-22-12-21-37-35-18-8-10-24-43(35)50-45(37)38/h1-28H. The number of rotatable bonds is 5. The Balaban J connectivity index is 1.26. The van der Waals surface area contributed by atoms with Gasteiger partial charge in [0.1, 0.15) is 22.3 Å². The van der Waals surface area contributed by atoms with Crippen LogP contribution in [0, 0.1) is 0 Å². The molecule has 234 valence electrons. The van der Waals surface area contributed by atoms with Gasteiger partial charge in [-0.15, -0.1) is 0 Å². The molecule has 0 saturated carbocycles. The Morgan fingerprint density at radius 3 is 1.54 bits per heavy atom. The topological polar surface area (TPSA) is 52.1 Å². The number of aromatic nitrogens is 2. The highest BCUT2D eigenvalue weighted by atomic mass is 16.3. The van der Waals surface area contributed by atoms with Crippen LogP contribution >= 0.6 is 0 Å². The van der Waals surface area contributed by atoms with Crippen LogP contribution in [0.1, 0.15) is 0 Å². The minimum absolute atomic E-state index is 0.672. The molecule has 0 aliphatic heterocycles. The van der Waals surface area contributed by atoms with Gasteiger partial charge in [0.05, 0.1) is 11.4 Å². The maximum atomic E-state index is 6.62. The molecule has 0 radical (unpaired) electrons. The van der Waals surface area contributed by atoms with E-state index in [2.05, 4.69) is 109 Å². The number of para-hydroxylation sites is 4. The van der Waals surface area contributed by atoms with Gasteiger partial charge >= 0.3 is 0 Å². The van der Waals surface area contributed by atoms with Gasteiger partial charge in [-0.1, -0.05) is 146 Å². The van der Waals surface area contributed by atoms with Crippen LogP contribution in [0.5, 0.6) is 0 Å². The van der Waals surface area contributed by atoms with Crippen LogP contribution in [0.2, 0.25) is 0 Å². The van der Waals surface area contributed by atoms with Crippen molar-refractivity contribution < 1.29 is 8.83 Å². The smallest absolute Gasteiger partial charge is 0.160 e. The molecule has 3 aromatic heterocycles. The monoisotopic (exact) mass is 640 g/mol. The molecule has 0 spiro atoms. The maximum absolute atomic E-state index is 6.62. The van der Waals surface area contributed by atoms with E-state index >= 15 is 0 Å². The average Bonchev–Trinajstić information content (AvgIpc) is 3.77. The van der Waals surface area contributed by atoms with Crippen molar-refractivity contribution in [3.05, 3.63) is 170 Å². The number of hydrogen-bond donors (Lipinski definition) is 0. The summed E-state index contributed by atoms with van der Waals surface area (Å²) in [4.78, 5) is 10.3. The molecule has 0 fully saturated rings. The molecule has 50 heavy (non-hydrogen) atoms. The molecule has 0 saturated heterocycles. The zero-order chi connectivity index (χ0) is 33.0. The molecule has 4 nitrogen and oxygen atoms in total. The SMILES string of the molecule is c1ccc(-c2cc(-c3ccc(-c4cccc5c4oc4ccccc45)cc3-c3cccc4c3oc3ccccc34)nc(-c3ccccc3)n2)cc1. The van der Waals surface area contributed by atoms with E-state index in [9.17, 15) is 0 Å². The van der Waals surface area contributed by atoms with Gasteiger partial charge in [-0.05, 0) is 35.4 Å². The molecule has 3 heterocycles. The second kappa shape index (κ2) is 11.4. The summed E-state index contributed by atoms with van der Waals surface area (Å²) in [6, 6.07) is 58.4. The first-order valence-corrected chi connectivity index (χ1v) is 16.7. The van der Waals surface area contributed by atoms with Gasteiger partial charge in [0.15, 0.2) is 5.82 Å². The fourth-order valence-corrected chi connectivity index (χ4v) is 7.15. The van der Waals surface area contributed by atoms with Crippen molar-refractivity contribution in [1.29, 1.82) is 0 Å². The molecule has 7 aromatic carbocycles. The summed E-state index contributed by atoms with van der Waals surface area (Å²) in [5, 5.41) is 4.37. The molecular weight excluding hydrogens is 613 g/mol. The molecule has 0 aliphatic carbocycles. The third-order valence-corrected chi connectivity index (χ3v) is 9.53. The molecule has 0 N–H and O–H groups in total. The summed E-state index contributed by atoms with van der Waals surface area (Å²) < 4.78 is 13.1. The Labute approximate surface area is 287 Å². The van der Waals surface area contributed by atoms with Gasteiger partial charge in [-0.3, -0.25) is 0 Å². The summed E-state index contributed by atoms with van der Waals surface area (Å²) >= 11 is 0. The normalized spacial score (nSPS) is 11.6. The predicted molar refractivity (Wildman–Crippen MR) is 204 cm³/mol. The summed E-state index contributed by atoms with van der Waals surface area (Å²) in [7, 11) is 0. The van der Waals surface area contributed by atoms with E-state index in [4.69, 9.17) is 18.8 Å². The summed E-state index contributed by atoms with van der Waals surface area (Å²) in [5.41, 5.74) is 12.2. The molecule has 0 amide bonds. The van der Waals surface area contributed by atoms with E-state index in [1.807, 2.05) is 60.7 Å². The van der Waals surface area contributed by atoms with Crippen molar-refractivity contribution in [1.82, 2.24) is 9.97 Å². The highest BCUT2D eigenvalue weighted by Gasteiger charge is 2.20. The number of furan rings is 2. The van der Waals surface area contributed by atoms with E-state index in [1.165, 1.54) is 0 Å². The van der Waals surface area contributed by atoms with Crippen LogP contribution in [0.4, 0.5) is 0 Å². The van der Waals surface area contributed by atoms with Gasteiger partial charge < -0.3 is 8.83 Å². The fraction of sp³-hybridized carbons (Fsp3) is 0. The van der Waals surface area contributed by atoms with E-state index in [0.717, 1.165) is 94.2 Å². The highest BCUT2D eigenvalue weighted by Crippen LogP contribution is 2.43. The Kier molecular flexibility index (Phi) is 6.46. The van der Waals surface area contributed by atoms with Crippen LogP contribution < -0.4 is 0 Å². The Morgan fingerprint density at radius 2 is 0.860 bits per heavy atom. The Morgan fingerprint density at radius 1 is 0.320 bits per heavy atom. The second-order valence-electron chi connectivity index (χ2n) is 12.5. The first-order chi connectivity index (χ1) is 24.8. The first kappa shape index (κ1) is 28.3. The Bertz CT molecular complexity index is 2810. The number of hydrogen-bond acceptors (Lipinski definition) is 4. The summed E-state index contributed by atoms with van der Waals surface area (Å²) in [5.74, 6) is 0.672. The van der Waals surface area contributed by atoms with Crippen molar-refractivity contribution in [3.8, 4) is 56.2 Å². The number of benzene rings is 7. The zero-order valence-electron chi connectivity index (χ0n) is 26.9. The van der Waals surface area contributed by atoms with Gasteiger partial charge in [0.2, 0.25) is 0 Å². The van der Waals surface area contributed by atoms with Gasteiger partial charge in [0.25, 0.3) is 0 Å². The summed E-state index contributed by atoms with van der Waals surface area (Å²) in [6.07, 6.45) is 0. The van der Waals surface area contributed by atoms with Crippen LogP contribution in [0.3, 0.4) is 0 Å². The van der Waals surface area contributed by atoms with Crippen molar-refractivity contribution in [2.24, 2.45) is 0 Å². The molecule has 10 rings (SSSR count). The molecule has 0 aliphatic rings. The van der Waals surface area contributed by atoms with E-state index in [0.29, 0.717) is 5.82 Å². The third-order valence-electron chi connectivity index (χ3n) is 9.53. The van der Waals surface area contributed by atoms with Gasteiger partial charge in [-0.2, -0.15) is 0 Å². The number of nitrogens with zero attached hydrogens (tertiary/aromatic N) is 2. The maximum Gasteiger partial charge on any atom is 0.160 e. The van der Waals surface area contributed by atoms with Gasteiger partial charge in [0, 0.05) is 49.4 Å². The number of fused-ring (bicyclic) bond motifs is 6. The lowest BCUT2D eigenvalue weighted by Gasteiger charge is -2.15. The van der Waals surface area contributed by atoms with Crippen LogP contribution in [-0.4, -0.2) is 9.97 Å². The molecule has 0 bridgehead atoms. The average molecular weight is 641 g/mol. The zero-order valence-corrected chi connectivity index (χ0v) is 26.9. The highest BCUT2D eigenvalue weighted by molar-refractivity contribution is 6.12. The molecule has 0 atom stereocenters. The lowest BCUT2D eigenvalue weighted by molar-refractivity contribution is 0.670.